The van der Waals surface area contributed by atoms with E-state index in [9.17, 15) is 9.59 Å². The second-order valence-corrected chi connectivity index (χ2v) is 14.3. The number of piperidine rings is 1. The molecule has 0 saturated carbocycles. The van der Waals surface area contributed by atoms with Crippen molar-refractivity contribution in [1.82, 2.24) is 29.3 Å². The lowest BCUT2D eigenvalue weighted by Gasteiger charge is -2.37. The molecule has 52 heavy (non-hydrogen) atoms. The van der Waals surface area contributed by atoms with Gasteiger partial charge in [-0.05, 0) is 61.7 Å². The lowest BCUT2D eigenvalue weighted by atomic mass is 9.99. The number of carbonyl (C=O) groups excluding carboxylic acids is 2. The normalized spacial score (nSPS) is 15.8. The van der Waals surface area contributed by atoms with Gasteiger partial charge in [0.1, 0.15) is 5.69 Å². The maximum atomic E-state index is 14.6. The van der Waals surface area contributed by atoms with Crippen LogP contribution in [0.2, 0.25) is 10.0 Å². The molecule has 0 bridgehead atoms. The average Bonchev–Trinajstić information content (AvgIpc) is 3.86. The summed E-state index contributed by atoms with van der Waals surface area (Å²) >= 11 is 12.8. The van der Waals surface area contributed by atoms with Crippen LogP contribution >= 0.6 is 23.2 Å². The first-order chi connectivity index (χ1) is 25.3. The minimum absolute atomic E-state index is 0.0963. The number of carbonyl (C=O) groups is 2. The van der Waals surface area contributed by atoms with Gasteiger partial charge in [-0.2, -0.15) is 0 Å². The SMILES string of the molecule is C[C@@H](c1ccc(Cl)cc1)n1cnc(-c2ccccc2)c1-c1c(C(=O)Nc2cccnc2N2CCC(N3CCN(C)C3=O)CC2)[nH]c2cc(Cl)ccc12. The van der Waals surface area contributed by atoms with Crippen molar-refractivity contribution >= 4 is 57.5 Å². The van der Waals surface area contributed by atoms with Crippen LogP contribution in [-0.4, -0.2) is 80.5 Å². The summed E-state index contributed by atoms with van der Waals surface area (Å²) in [6, 6.07) is 27.2. The van der Waals surface area contributed by atoms with Gasteiger partial charge in [0.05, 0.1) is 29.4 Å². The maximum absolute atomic E-state index is 14.6. The summed E-state index contributed by atoms with van der Waals surface area (Å²) in [5.74, 6) is 0.384. The maximum Gasteiger partial charge on any atom is 0.320 e. The van der Waals surface area contributed by atoms with Crippen LogP contribution in [0.15, 0.2) is 97.5 Å². The van der Waals surface area contributed by atoms with Crippen molar-refractivity contribution in [2.45, 2.75) is 31.8 Å². The fourth-order valence-electron chi connectivity index (χ4n) is 7.53. The number of benzene rings is 3. The molecule has 1 atom stereocenters. The summed E-state index contributed by atoms with van der Waals surface area (Å²) in [7, 11) is 1.85. The standard InChI is InChI=1S/C40H38Cl2N8O2/c1-25(26-10-12-28(41)13-11-26)50-24-44-35(27-7-4-3-5-8-27)37(50)34-31-15-14-29(42)23-33(31)45-36(34)39(51)46-32-9-6-18-43-38(32)48-19-16-30(17-20-48)49-22-21-47(2)40(49)52/h3-15,18,23-25,30,45H,16-17,19-22H2,1-2H3,(H,46,51)/t25-/m0/s1. The lowest BCUT2D eigenvalue weighted by Crippen LogP contribution is -2.46. The second kappa shape index (κ2) is 14.0. The summed E-state index contributed by atoms with van der Waals surface area (Å²) in [5, 5.41) is 5.26. The fourth-order valence-corrected chi connectivity index (χ4v) is 7.82. The monoisotopic (exact) mass is 732 g/mol. The van der Waals surface area contributed by atoms with Gasteiger partial charge in [0.15, 0.2) is 5.82 Å². The molecule has 0 aliphatic carbocycles. The summed E-state index contributed by atoms with van der Waals surface area (Å²) in [6.07, 6.45) is 5.24. The highest BCUT2D eigenvalue weighted by atomic mass is 35.5. The van der Waals surface area contributed by atoms with Crippen molar-refractivity contribution in [3.05, 3.63) is 119 Å². The van der Waals surface area contributed by atoms with E-state index < -0.39 is 0 Å². The third-order valence-corrected chi connectivity index (χ3v) is 10.8. The van der Waals surface area contributed by atoms with Gasteiger partial charge in [-0.25, -0.2) is 14.8 Å². The summed E-state index contributed by atoms with van der Waals surface area (Å²) < 4.78 is 2.11. The van der Waals surface area contributed by atoms with E-state index in [1.807, 2.05) is 103 Å². The van der Waals surface area contributed by atoms with Crippen molar-refractivity contribution in [1.29, 1.82) is 0 Å². The third-order valence-electron chi connectivity index (χ3n) is 10.3. The van der Waals surface area contributed by atoms with Crippen LogP contribution in [0.4, 0.5) is 16.3 Å². The van der Waals surface area contributed by atoms with Gasteiger partial charge in [-0.1, -0.05) is 71.7 Å². The zero-order chi connectivity index (χ0) is 35.9. The number of amides is 3. The highest BCUT2D eigenvalue weighted by molar-refractivity contribution is 6.31. The number of pyridine rings is 1. The van der Waals surface area contributed by atoms with Crippen LogP contribution in [0.5, 0.6) is 0 Å². The van der Waals surface area contributed by atoms with E-state index >= 15 is 0 Å². The number of nitrogens with one attached hydrogen (secondary N) is 2. The molecule has 2 fully saturated rings. The van der Waals surface area contributed by atoms with E-state index in [-0.39, 0.29) is 24.0 Å². The van der Waals surface area contributed by atoms with Gasteiger partial charge < -0.3 is 29.6 Å². The van der Waals surface area contributed by atoms with Crippen LogP contribution in [-0.2, 0) is 0 Å². The Morgan fingerprint density at radius 3 is 2.38 bits per heavy atom. The number of imidazole rings is 1. The van der Waals surface area contributed by atoms with E-state index in [4.69, 9.17) is 33.2 Å². The molecule has 0 unspecified atom stereocenters. The number of nitrogens with zero attached hydrogens (tertiary/aromatic N) is 6. The number of halogens is 2. The molecule has 10 nitrogen and oxygen atoms in total. The number of urea groups is 1. The molecule has 12 heteroatoms. The zero-order valence-corrected chi connectivity index (χ0v) is 30.4. The van der Waals surface area contributed by atoms with Crippen molar-refractivity contribution in [3.8, 4) is 22.5 Å². The van der Waals surface area contributed by atoms with Gasteiger partial charge in [0.25, 0.3) is 5.91 Å². The van der Waals surface area contributed by atoms with Gasteiger partial charge in [-0.3, -0.25) is 4.79 Å². The molecule has 2 N–H and O–H groups in total. The minimum atomic E-state index is -0.317. The first kappa shape index (κ1) is 33.8. The van der Waals surface area contributed by atoms with Gasteiger partial charge in [0.2, 0.25) is 0 Å². The molecule has 0 radical (unpaired) electrons. The molecule has 264 valence electrons. The minimum Gasteiger partial charge on any atom is -0.355 e. The highest BCUT2D eigenvalue weighted by Gasteiger charge is 2.34. The van der Waals surface area contributed by atoms with Crippen molar-refractivity contribution in [2.75, 3.05) is 43.4 Å². The average molecular weight is 734 g/mol. The predicted molar refractivity (Wildman–Crippen MR) is 207 cm³/mol. The van der Waals surface area contributed by atoms with E-state index in [1.165, 1.54) is 0 Å². The first-order valence-electron chi connectivity index (χ1n) is 17.5. The molecule has 3 aromatic heterocycles. The number of rotatable bonds is 8. The van der Waals surface area contributed by atoms with Gasteiger partial charge in [-0.15, -0.1) is 0 Å². The molecule has 0 spiro atoms. The van der Waals surface area contributed by atoms with E-state index in [0.717, 1.165) is 72.4 Å². The molecule has 3 aromatic carbocycles. The van der Waals surface area contributed by atoms with Crippen LogP contribution in [0, 0.1) is 0 Å². The van der Waals surface area contributed by atoms with Crippen molar-refractivity contribution in [3.63, 3.8) is 0 Å². The van der Waals surface area contributed by atoms with E-state index in [0.29, 0.717) is 32.8 Å². The second-order valence-electron chi connectivity index (χ2n) is 13.5. The Hall–Kier alpha value is -5.32. The Balaban J connectivity index is 1.18. The largest absolute Gasteiger partial charge is 0.355 e. The molecule has 2 saturated heterocycles. The first-order valence-corrected chi connectivity index (χ1v) is 18.2. The van der Waals surface area contributed by atoms with Crippen LogP contribution in [0.3, 0.4) is 0 Å². The van der Waals surface area contributed by atoms with Crippen LogP contribution in [0.1, 0.15) is 41.9 Å². The Morgan fingerprint density at radius 2 is 1.65 bits per heavy atom. The lowest BCUT2D eigenvalue weighted by molar-refractivity contribution is 0.102. The third kappa shape index (κ3) is 6.26. The molecule has 2 aliphatic rings. The summed E-state index contributed by atoms with van der Waals surface area (Å²) in [4.78, 5) is 46.4. The Labute approximate surface area is 312 Å². The molecule has 8 rings (SSSR count). The fraction of sp³-hybridized carbons (Fsp3) is 0.250. The number of anilines is 2. The molecule has 3 amide bonds. The van der Waals surface area contributed by atoms with Crippen molar-refractivity contribution in [2.24, 2.45) is 0 Å². The van der Waals surface area contributed by atoms with E-state index in [2.05, 4.69) is 26.7 Å². The highest BCUT2D eigenvalue weighted by Crippen LogP contribution is 2.42. The Kier molecular flexibility index (Phi) is 9.11. The summed E-state index contributed by atoms with van der Waals surface area (Å²) in [6.45, 7) is 5.06. The summed E-state index contributed by atoms with van der Waals surface area (Å²) in [5.41, 5.74) is 5.95. The number of hydrogen-bond donors (Lipinski definition) is 2. The number of fused-ring (bicyclic) bond motifs is 1. The zero-order valence-electron chi connectivity index (χ0n) is 28.9. The molecular weight excluding hydrogens is 695 g/mol. The predicted octanol–water partition coefficient (Wildman–Crippen LogP) is 8.60. The smallest absolute Gasteiger partial charge is 0.320 e. The quantitative estimate of drug-likeness (QED) is 0.163. The topological polar surface area (TPSA) is 102 Å². The Bertz CT molecular complexity index is 2260. The number of aromatic nitrogens is 4. The van der Waals surface area contributed by atoms with Gasteiger partial charge in [0, 0.05) is 77.5 Å². The van der Waals surface area contributed by atoms with E-state index in [1.54, 1.807) is 11.1 Å². The van der Waals surface area contributed by atoms with Crippen LogP contribution in [0.25, 0.3) is 33.4 Å². The molecular formula is C40H38Cl2N8O2. The number of likely N-dealkylation sites (N-methyl/N-ethyl adjacent to an activating group) is 1. The molecule has 6 aromatic rings. The molecule has 5 heterocycles. The Morgan fingerprint density at radius 1 is 0.904 bits per heavy atom. The number of hydrogen-bond acceptors (Lipinski definition) is 5. The molecule has 2 aliphatic heterocycles. The number of aromatic amines is 1. The van der Waals surface area contributed by atoms with Gasteiger partial charge >= 0.3 is 6.03 Å². The number of H-pyrrole nitrogens is 1. The van der Waals surface area contributed by atoms with Crippen LogP contribution < -0.4 is 10.2 Å². The van der Waals surface area contributed by atoms with Crippen molar-refractivity contribution < 1.29 is 9.59 Å².